The van der Waals surface area contributed by atoms with E-state index in [1.165, 1.54) is 17.4 Å². The predicted molar refractivity (Wildman–Crippen MR) is 77.2 cm³/mol. The molecule has 0 radical (unpaired) electrons. The summed E-state index contributed by atoms with van der Waals surface area (Å²) in [5, 5.41) is 12.6. The minimum atomic E-state index is -4.34. The summed E-state index contributed by atoms with van der Waals surface area (Å²) in [5.41, 5.74) is -0.204. The maximum absolute atomic E-state index is 12.7. The molecule has 21 heavy (non-hydrogen) atoms. The average molecular weight is 315 g/mol. The van der Waals surface area contributed by atoms with Crippen molar-refractivity contribution in [1.82, 2.24) is 15.5 Å². The lowest BCUT2D eigenvalue weighted by Gasteiger charge is -2.06. The summed E-state index contributed by atoms with van der Waals surface area (Å²) >= 11 is 1.35. The van der Waals surface area contributed by atoms with Crippen LogP contribution in [0.3, 0.4) is 0 Å². The van der Waals surface area contributed by atoms with Crippen molar-refractivity contribution in [3.05, 3.63) is 34.8 Å². The second kappa shape index (κ2) is 7.00. The van der Waals surface area contributed by atoms with E-state index >= 15 is 0 Å². The van der Waals surface area contributed by atoms with Gasteiger partial charge >= 0.3 is 6.18 Å². The maximum Gasteiger partial charge on any atom is 0.416 e. The van der Waals surface area contributed by atoms with Crippen LogP contribution in [0.25, 0.3) is 10.6 Å². The predicted octanol–water partition coefficient (Wildman–Crippen LogP) is 3.77. The third kappa shape index (κ3) is 4.50. The number of aromatic nitrogens is 2. The number of hydrogen-bond acceptors (Lipinski definition) is 4. The first-order valence-electron chi connectivity index (χ1n) is 6.71. The molecule has 1 heterocycles. The van der Waals surface area contributed by atoms with Gasteiger partial charge in [-0.05, 0) is 31.6 Å². The Morgan fingerprint density at radius 1 is 1.24 bits per heavy atom. The molecule has 2 rings (SSSR count). The Balaban J connectivity index is 2.07. The van der Waals surface area contributed by atoms with E-state index < -0.39 is 11.7 Å². The highest BCUT2D eigenvalue weighted by Crippen LogP contribution is 2.33. The molecule has 114 valence electrons. The van der Waals surface area contributed by atoms with E-state index in [0.717, 1.165) is 43.1 Å². The van der Waals surface area contributed by atoms with Crippen LogP contribution in [0.5, 0.6) is 0 Å². The van der Waals surface area contributed by atoms with Gasteiger partial charge in [0.25, 0.3) is 0 Å². The molecule has 0 spiro atoms. The topological polar surface area (TPSA) is 37.8 Å². The standard InChI is InChI=1S/C14H16F3N3S/c1-2-18-8-4-7-12-19-20-13(21-12)10-5-3-6-11(9-10)14(15,16)17/h3,5-6,9,18H,2,4,7-8H2,1H3. The Kier molecular flexibility index (Phi) is 5.30. The van der Waals surface area contributed by atoms with E-state index in [-0.39, 0.29) is 0 Å². The van der Waals surface area contributed by atoms with E-state index in [0.29, 0.717) is 10.6 Å². The lowest BCUT2D eigenvalue weighted by atomic mass is 10.1. The fraction of sp³-hybridized carbons (Fsp3) is 0.429. The molecule has 7 heteroatoms. The zero-order valence-electron chi connectivity index (χ0n) is 11.6. The molecule has 0 saturated heterocycles. The van der Waals surface area contributed by atoms with Gasteiger partial charge in [-0.25, -0.2) is 0 Å². The third-order valence-corrected chi connectivity index (χ3v) is 3.93. The number of halogens is 3. The summed E-state index contributed by atoms with van der Waals surface area (Å²) in [6, 6.07) is 5.19. The minimum Gasteiger partial charge on any atom is -0.317 e. The van der Waals surface area contributed by atoms with Crippen LogP contribution in [0.15, 0.2) is 24.3 Å². The molecule has 0 unspecified atom stereocenters. The van der Waals surface area contributed by atoms with Crippen LogP contribution in [0.1, 0.15) is 23.9 Å². The molecule has 0 aliphatic heterocycles. The van der Waals surface area contributed by atoms with Gasteiger partial charge in [0.15, 0.2) is 0 Å². The lowest BCUT2D eigenvalue weighted by Crippen LogP contribution is -2.14. The summed E-state index contributed by atoms with van der Waals surface area (Å²) < 4.78 is 38.1. The first-order valence-corrected chi connectivity index (χ1v) is 7.53. The number of nitrogens with one attached hydrogen (secondary N) is 1. The Hall–Kier alpha value is -1.47. The molecule has 1 aromatic heterocycles. The van der Waals surface area contributed by atoms with Crippen LogP contribution in [0.2, 0.25) is 0 Å². The fourth-order valence-corrected chi connectivity index (χ4v) is 2.72. The van der Waals surface area contributed by atoms with Crippen LogP contribution in [-0.4, -0.2) is 23.3 Å². The molecular formula is C14H16F3N3S. The molecule has 0 bridgehead atoms. The first kappa shape index (κ1) is 15.9. The minimum absolute atomic E-state index is 0.459. The summed E-state index contributed by atoms with van der Waals surface area (Å²) in [5.74, 6) is 0. The summed E-state index contributed by atoms with van der Waals surface area (Å²) in [4.78, 5) is 0. The summed E-state index contributed by atoms with van der Waals surface area (Å²) in [7, 11) is 0. The van der Waals surface area contributed by atoms with Gasteiger partial charge in [-0.2, -0.15) is 13.2 Å². The molecule has 0 atom stereocenters. The smallest absolute Gasteiger partial charge is 0.317 e. The van der Waals surface area contributed by atoms with E-state index in [1.807, 2.05) is 6.92 Å². The van der Waals surface area contributed by atoms with Gasteiger partial charge in [0, 0.05) is 12.0 Å². The largest absolute Gasteiger partial charge is 0.416 e. The first-order chi connectivity index (χ1) is 10.0. The van der Waals surface area contributed by atoms with E-state index in [1.54, 1.807) is 6.07 Å². The summed E-state index contributed by atoms with van der Waals surface area (Å²) in [6.07, 6.45) is -2.62. The van der Waals surface area contributed by atoms with Gasteiger partial charge in [-0.1, -0.05) is 30.4 Å². The molecular weight excluding hydrogens is 299 g/mol. The zero-order valence-corrected chi connectivity index (χ0v) is 12.4. The van der Waals surface area contributed by atoms with Crippen LogP contribution >= 0.6 is 11.3 Å². The Morgan fingerprint density at radius 3 is 2.76 bits per heavy atom. The molecule has 0 aliphatic carbocycles. The van der Waals surface area contributed by atoms with Gasteiger partial charge in [-0.3, -0.25) is 0 Å². The number of benzene rings is 1. The number of alkyl halides is 3. The van der Waals surface area contributed by atoms with Crippen molar-refractivity contribution in [2.75, 3.05) is 13.1 Å². The number of hydrogen-bond donors (Lipinski definition) is 1. The van der Waals surface area contributed by atoms with Crippen molar-refractivity contribution in [3.8, 4) is 10.6 Å². The second-order valence-corrected chi connectivity index (χ2v) is 5.60. The highest BCUT2D eigenvalue weighted by Gasteiger charge is 2.30. The van der Waals surface area contributed by atoms with Crippen molar-refractivity contribution in [3.63, 3.8) is 0 Å². The molecule has 0 aliphatic rings. The number of nitrogens with zero attached hydrogens (tertiary/aromatic N) is 2. The van der Waals surface area contributed by atoms with Crippen LogP contribution in [0.4, 0.5) is 13.2 Å². The van der Waals surface area contributed by atoms with Crippen molar-refractivity contribution in [2.45, 2.75) is 25.9 Å². The number of aryl methyl sites for hydroxylation is 1. The van der Waals surface area contributed by atoms with E-state index in [2.05, 4.69) is 15.5 Å². The van der Waals surface area contributed by atoms with E-state index in [9.17, 15) is 13.2 Å². The Morgan fingerprint density at radius 2 is 2.05 bits per heavy atom. The molecule has 1 aromatic carbocycles. The molecule has 0 saturated carbocycles. The van der Waals surface area contributed by atoms with Gasteiger partial charge < -0.3 is 5.32 Å². The second-order valence-electron chi connectivity index (χ2n) is 4.54. The normalized spacial score (nSPS) is 11.8. The number of rotatable bonds is 6. The fourth-order valence-electron chi connectivity index (χ4n) is 1.84. The van der Waals surface area contributed by atoms with Gasteiger partial charge in [0.05, 0.1) is 5.56 Å². The average Bonchev–Trinajstić information content (AvgIpc) is 2.92. The van der Waals surface area contributed by atoms with Crippen LogP contribution in [-0.2, 0) is 12.6 Å². The third-order valence-electron chi connectivity index (χ3n) is 2.90. The maximum atomic E-state index is 12.7. The Bertz CT molecular complexity index is 581. The monoisotopic (exact) mass is 315 g/mol. The SMILES string of the molecule is CCNCCCc1nnc(-c2cccc(C(F)(F)F)c2)s1. The molecule has 0 fully saturated rings. The van der Waals surface area contributed by atoms with Gasteiger partial charge in [-0.15, -0.1) is 10.2 Å². The van der Waals surface area contributed by atoms with Crippen molar-refractivity contribution in [1.29, 1.82) is 0 Å². The van der Waals surface area contributed by atoms with Crippen molar-refractivity contribution < 1.29 is 13.2 Å². The quantitative estimate of drug-likeness (QED) is 0.825. The molecule has 0 amide bonds. The van der Waals surface area contributed by atoms with Crippen molar-refractivity contribution in [2.24, 2.45) is 0 Å². The summed E-state index contributed by atoms with van der Waals surface area (Å²) in [6.45, 7) is 3.86. The van der Waals surface area contributed by atoms with E-state index in [4.69, 9.17) is 0 Å². The van der Waals surface area contributed by atoms with Crippen molar-refractivity contribution >= 4 is 11.3 Å². The highest BCUT2D eigenvalue weighted by atomic mass is 32.1. The highest BCUT2D eigenvalue weighted by molar-refractivity contribution is 7.14. The van der Waals surface area contributed by atoms with Gasteiger partial charge in [0.2, 0.25) is 0 Å². The molecule has 3 nitrogen and oxygen atoms in total. The Labute approximate surface area is 125 Å². The zero-order chi connectivity index (χ0) is 15.3. The van der Waals surface area contributed by atoms with Crippen LogP contribution < -0.4 is 5.32 Å². The lowest BCUT2D eigenvalue weighted by molar-refractivity contribution is -0.137. The van der Waals surface area contributed by atoms with Crippen LogP contribution in [0, 0.1) is 0 Å². The molecule has 1 N–H and O–H groups in total. The molecule has 2 aromatic rings. The van der Waals surface area contributed by atoms with Gasteiger partial charge in [0.1, 0.15) is 10.0 Å².